The fraction of sp³-hybridized carbons (Fsp3) is 0.0909. The highest BCUT2D eigenvalue weighted by molar-refractivity contribution is 6.45. The molecule has 0 fully saturated rings. The zero-order valence-corrected chi connectivity index (χ0v) is 16.1. The molecule has 7 heteroatoms. The molecule has 0 aromatic heterocycles. The lowest BCUT2D eigenvalue weighted by Gasteiger charge is -2.23. The molecule has 0 aliphatic heterocycles. The number of hydrogen-bond donors (Lipinski definition) is 2. The standard InChI is InChI=1S/C22H21N3O4/c1-28-18-12-13-19(20(14-18)29-2)24-21(26)22(27)25(16-6-4-3-5-7-16)17-10-8-15(23)9-11-17/h3-14H,23H2,1-2H3,(H,24,26). The van der Waals surface area contributed by atoms with Crippen LogP contribution in [0.4, 0.5) is 22.7 Å². The summed E-state index contributed by atoms with van der Waals surface area (Å²) in [5.74, 6) is -0.615. The van der Waals surface area contributed by atoms with Gasteiger partial charge in [-0.15, -0.1) is 0 Å². The molecule has 3 aromatic carbocycles. The first-order chi connectivity index (χ1) is 14.0. The second kappa shape index (κ2) is 8.79. The van der Waals surface area contributed by atoms with Gasteiger partial charge in [0.05, 0.1) is 19.9 Å². The van der Waals surface area contributed by atoms with Gasteiger partial charge in [0.2, 0.25) is 0 Å². The summed E-state index contributed by atoms with van der Waals surface area (Å²) in [6.07, 6.45) is 0. The van der Waals surface area contributed by atoms with Gasteiger partial charge in [0.25, 0.3) is 0 Å². The van der Waals surface area contributed by atoms with Crippen molar-refractivity contribution in [3.05, 3.63) is 72.8 Å². The lowest BCUT2D eigenvalue weighted by molar-refractivity contribution is -0.134. The molecule has 0 radical (unpaired) electrons. The van der Waals surface area contributed by atoms with E-state index in [4.69, 9.17) is 15.2 Å². The highest BCUT2D eigenvalue weighted by Crippen LogP contribution is 2.30. The number of amides is 2. The topological polar surface area (TPSA) is 93.9 Å². The number of nitrogens with zero attached hydrogens (tertiary/aromatic N) is 1. The molecule has 3 rings (SSSR count). The first-order valence-corrected chi connectivity index (χ1v) is 8.81. The highest BCUT2D eigenvalue weighted by Gasteiger charge is 2.26. The second-order valence-corrected chi connectivity index (χ2v) is 6.09. The Kier molecular flexibility index (Phi) is 5.99. The van der Waals surface area contributed by atoms with E-state index in [1.165, 1.54) is 19.1 Å². The maximum atomic E-state index is 13.1. The third-order valence-corrected chi connectivity index (χ3v) is 4.22. The number of anilines is 4. The Morgan fingerprint density at radius 1 is 0.862 bits per heavy atom. The molecular formula is C22H21N3O4. The number of nitrogen functional groups attached to an aromatic ring is 1. The summed E-state index contributed by atoms with van der Waals surface area (Å²) >= 11 is 0. The Hall–Kier alpha value is -4.00. The van der Waals surface area contributed by atoms with Crippen molar-refractivity contribution in [3.8, 4) is 11.5 Å². The van der Waals surface area contributed by atoms with Crippen molar-refractivity contribution in [2.45, 2.75) is 0 Å². The summed E-state index contributed by atoms with van der Waals surface area (Å²) < 4.78 is 10.4. The van der Waals surface area contributed by atoms with Crippen LogP contribution in [0.15, 0.2) is 72.8 Å². The molecule has 7 nitrogen and oxygen atoms in total. The molecule has 0 unspecified atom stereocenters. The second-order valence-electron chi connectivity index (χ2n) is 6.09. The molecule has 0 bridgehead atoms. The Labute approximate surface area is 168 Å². The van der Waals surface area contributed by atoms with Crippen molar-refractivity contribution < 1.29 is 19.1 Å². The van der Waals surface area contributed by atoms with Gasteiger partial charge < -0.3 is 20.5 Å². The van der Waals surface area contributed by atoms with Gasteiger partial charge in [0, 0.05) is 23.1 Å². The number of nitrogens with one attached hydrogen (secondary N) is 1. The maximum Gasteiger partial charge on any atom is 0.321 e. The van der Waals surface area contributed by atoms with E-state index in [2.05, 4.69) is 5.32 Å². The first kappa shape index (κ1) is 19.8. The number of carbonyl (C=O) groups excluding carboxylic acids is 2. The van der Waals surface area contributed by atoms with Gasteiger partial charge in [-0.25, -0.2) is 0 Å². The molecule has 0 atom stereocenters. The van der Waals surface area contributed by atoms with Crippen molar-refractivity contribution in [1.29, 1.82) is 0 Å². The number of benzene rings is 3. The van der Waals surface area contributed by atoms with Crippen LogP contribution in [0.2, 0.25) is 0 Å². The quantitative estimate of drug-likeness (QED) is 0.512. The van der Waals surface area contributed by atoms with Gasteiger partial charge >= 0.3 is 11.8 Å². The molecule has 0 aliphatic carbocycles. The molecule has 0 saturated heterocycles. The Morgan fingerprint density at radius 2 is 1.52 bits per heavy atom. The minimum Gasteiger partial charge on any atom is -0.497 e. The number of rotatable bonds is 5. The average Bonchev–Trinajstić information content (AvgIpc) is 2.76. The van der Waals surface area contributed by atoms with Gasteiger partial charge in [-0.05, 0) is 48.5 Å². The van der Waals surface area contributed by atoms with Crippen molar-refractivity contribution >= 4 is 34.6 Å². The van der Waals surface area contributed by atoms with Crippen molar-refractivity contribution in [2.75, 3.05) is 30.2 Å². The average molecular weight is 391 g/mol. The van der Waals surface area contributed by atoms with Gasteiger partial charge in [-0.3, -0.25) is 14.5 Å². The van der Waals surface area contributed by atoms with E-state index < -0.39 is 11.8 Å². The molecule has 0 spiro atoms. The van der Waals surface area contributed by atoms with E-state index in [0.717, 1.165) is 0 Å². The van der Waals surface area contributed by atoms with Crippen LogP contribution in [0.1, 0.15) is 0 Å². The fourth-order valence-corrected chi connectivity index (χ4v) is 2.76. The number of hydrogen-bond acceptors (Lipinski definition) is 5. The summed E-state index contributed by atoms with van der Waals surface area (Å²) in [6, 6.07) is 20.5. The summed E-state index contributed by atoms with van der Waals surface area (Å²) in [7, 11) is 3.00. The Bertz CT molecular complexity index is 1000. The number of carbonyl (C=O) groups is 2. The van der Waals surface area contributed by atoms with Crippen LogP contribution >= 0.6 is 0 Å². The van der Waals surface area contributed by atoms with Crippen molar-refractivity contribution in [1.82, 2.24) is 0 Å². The number of nitrogens with two attached hydrogens (primary N) is 1. The van der Waals surface area contributed by atoms with Crippen LogP contribution in [0.3, 0.4) is 0 Å². The lowest BCUT2D eigenvalue weighted by Crippen LogP contribution is -2.36. The molecule has 3 aromatic rings. The van der Waals surface area contributed by atoms with Crippen LogP contribution < -0.4 is 25.4 Å². The monoisotopic (exact) mass is 391 g/mol. The molecule has 0 aliphatic rings. The lowest BCUT2D eigenvalue weighted by atomic mass is 10.2. The zero-order valence-electron chi connectivity index (χ0n) is 16.1. The van der Waals surface area contributed by atoms with Crippen molar-refractivity contribution in [3.63, 3.8) is 0 Å². The van der Waals surface area contributed by atoms with E-state index in [-0.39, 0.29) is 0 Å². The van der Waals surface area contributed by atoms with Gasteiger partial charge in [0.15, 0.2) is 0 Å². The molecule has 2 amide bonds. The molecule has 0 heterocycles. The third kappa shape index (κ3) is 4.47. The van der Waals surface area contributed by atoms with Crippen LogP contribution in [-0.2, 0) is 9.59 Å². The predicted molar refractivity (Wildman–Crippen MR) is 113 cm³/mol. The third-order valence-electron chi connectivity index (χ3n) is 4.22. The van der Waals surface area contributed by atoms with E-state index in [0.29, 0.717) is 34.2 Å². The minimum atomic E-state index is -0.811. The predicted octanol–water partition coefficient (Wildman–Crippen LogP) is 3.59. The Morgan fingerprint density at radius 3 is 2.14 bits per heavy atom. The molecule has 148 valence electrons. The SMILES string of the molecule is COc1ccc(NC(=O)C(=O)N(c2ccccc2)c2ccc(N)cc2)c(OC)c1. The van der Waals surface area contributed by atoms with E-state index in [1.807, 2.05) is 6.07 Å². The fourth-order valence-electron chi connectivity index (χ4n) is 2.76. The minimum absolute atomic E-state index is 0.358. The molecular weight excluding hydrogens is 370 g/mol. The van der Waals surface area contributed by atoms with Gasteiger partial charge in [-0.2, -0.15) is 0 Å². The smallest absolute Gasteiger partial charge is 0.321 e. The maximum absolute atomic E-state index is 13.1. The van der Waals surface area contributed by atoms with Crippen LogP contribution in [0.5, 0.6) is 11.5 Å². The number of methoxy groups -OCH3 is 2. The zero-order chi connectivity index (χ0) is 20.8. The normalized spacial score (nSPS) is 10.1. The summed E-state index contributed by atoms with van der Waals surface area (Å²) in [5, 5.41) is 2.61. The molecule has 3 N–H and O–H groups in total. The van der Waals surface area contributed by atoms with Gasteiger partial charge in [0.1, 0.15) is 11.5 Å². The molecule has 0 saturated carbocycles. The summed E-state index contributed by atoms with van der Waals surface area (Å²) in [4.78, 5) is 27.2. The van der Waals surface area contributed by atoms with Crippen LogP contribution in [-0.4, -0.2) is 26.0 Å². The summed E-state index contributed by atoms with van der Waals surface area (Å²) in [6.45, 7) is 0. The number of ether oxygens (including phenoxy) is 2. The first-order valence-electron chi connectivity index (χ1n) is 8.81. The van der Waals surface area contributed by atoms with Crippen LogP contribution in [0.25, 0.3) is 0 Å². The largest absolute Gasteiger partial charge is 0.497 e. The van der Waals surface area contributed by atoms with Crippen LogP contribution in [0, 0.1) is 0 Å². The van der Waals surface area contributed by atoms with E-state index >= 15 is 0 Å². The van der Waals surface area contributed by atoms with Gasteiger partial charge in [-0.1, -0.05) is 18.2 Å². The Balaban J connectivity index is 1.92. The molecule has 29 heavy (non-hydrogen) atoms. The van der Waals surface area contributed by atoms with E-state index in [1.54, 1.807) is 66.7 Å². The number of para-hydroxylation sites is 1. The highest BCUT2D eigenvalue weighted by atomic mass is 16.5. The van der Waals surface area contributed by atoms with Crippen molar-refractivity contribution in [2.24, 2.45) is 0 Å². The summed E-state index contributed by atoms with van der Waals surface area (Å²) in [5.41, 5.74) is 7.74. The van der Waals surface area contributed by atoms with E-state index in [9.17, 15) is 9.59 Å².